The molecule has 7 nitrogen and oxygen atoms in total. The fourth-order valence-electron chi connectivity index (χ4n) is 2.09. The zero-order valence-corrected chi connectivity index (χ0v) is 15.9. The molecular weight excluding hydrogens is 404 g/mol. The van der Waals surface area contributed by atoms with E-state index in [-0.39, 0.29) is 11.7 Å². The Hall–Kier alpha value is -2.61. The van der Waals surface area contributed by atoms with Crippen molar-refractivity contribution in [2.45, 2.75) is 19.9 Å². The fraction of sp³-hybridized carbons (Fsp3) is 0.278. The van der Waals surface area contributed by atoms with Gasteiger partial charge in [0.15, 0.2) is 12.4 Å². The van der Waals surface area contributed by atoms with Crippen molar-refractivity contribution >= 4 is 39.4 Å². The number of carbonyl (C=O) groups is 3. The second-order valence-corrected chi connectivity index (χ2v) is 6.66. The van der Waals surface area contributed by atoms with E-state index in [4.69, 9.17) is 9.15 Å². The van der Waals surface area contributed by atoms with E-state index in [0.29, 0.717) is 10.2 Å². The van der Waals surface area contributed by atoms with Gasteiger partial charge in [-0.1, -0.05) is 26.0 Å². The number of anilines is 1. The van der Waals surface area contributed by atoms with Crippen molar-refractivity contribution in [2.75, 3.05) is 11.9 Å². The topological polar surface area (TPSA) is 97.6 Å². The number of furan rings is 1. The molecule has 26 heavy (non-hydrogen) atoms. The van der Waals surface area contributed by atoms with Crippen LogP contribution in [0.2, 0.25) is 0 Å². The minimum absolute atomic E-state index is 0.0927. The Bertz CT molecular complexity index is 774. The first kappa shape index (κ1) is 19.7. The maximum atomic E-state index is 12.3. The van der Waals surface area contributed by atoms with Gasteiger partial charge in [-0.05, 0) is 46.1 Å². The van der Waals surface area contributed by atoms with Gasteiger partial charge < -0.3 is 19.8 Å². The van der Waals surface area contributed by atoms with E-state index >= 15 is 0 Å². The van der Waals surface area contributed by atoms with Crippen LogP contribution in [0.15, 0.2) is 51.6 Å². The molecule has 1 atom stereocenters. The van der Waals surface area contributed by atoms with Gasteiger partial charge in [-0.15, -0.1) is 0 Å². The summed E-state index contributed by atoms with van der Waals surface area (Å²) < 4.78 is 10.8. The molecule has 0 saturated carbocycles. The summed E-state index contributed by atoms with van der Waals surface area (Å²) in [4.78, 5) is 36.3. The van der Waals surface area contributed by atoms with Crippen LogP contribution in [0.25, 0.3) is 0 Å². The van der Waals surface area contributed by atoms with Gasteiger partial charge in [0.25, 0.3) is 11.8 Å². The van der Waals surface area contributed by atoms with Crippen LogP contribution in [-0.4, -0.2) is 30.4 Å². The highest BCUT2D eigenvalue weighted by atomic mass is 79.9. The zero-order chi connectivity index (χ0) is 19.1. The maximum absolute atomic E-state index is 12.3. The lowest BCUT2D eigenvalue weighted by molar-refractivity contribution is -0.150. The van der Waals surface area contributed by atoms with Gasteiger partial charge in [0.2, 0.25) is 0 Å². The number of amides is 2. The maximum Gasteiger partial charge on any atom is 0.329 e. The number of nitrogens with one attached hydrogen (secondary N) is 2. The highest BCUT2D eigenvalue weighted by molar-refractivity contribution is 9.10. The average Bonchev–Trinajstić information content (AvgIpc) is 3.14. The van der Waals surface area contributed by atoms with Crippen molar-refractivity contribution in [3.63, 3.8) is 0 Å². The first-order valence-corrected chi connectivity index (χ1v) is 8.73. The summed E-state index contributed by atoms with van der Waals surface area (Å²) in [5, 5.41) is 5.19. The molecule has 0 aliphatic carbocycles. The first-order chi connectivity index (χ1) is 12.4. The number of benzene rings is 1. The van der Waals surface area contributed by atoms with Crippen LogP contribution >= 0.6 is 15.9 Å². The standard InChI is InChI=1S/C18H19BrN2O5/c1-11(2)16(21-17(23)14-8-5-9-25-14)18(24)26-10-15(22)20-13-7-4-3-6-12(13)19/h3-9,11,16H,10H2,1-2H3,(H,20,22)(H,21,23)/t16-/m0/s1. The lowest BCUT2D eigenvalue weighted by Crippen LogP contribution is -2.45. The molecule has 0 fully saturated rings. The summed E-state index contributed by atoms with van der Waals surface area (Å²) in [6.07, 6.45) is 1.36. The Morgan fingerprint density at radius 1 is 1.15 bits per heavy atom. The lowest BCUT2D eigenvalue weighted by Gasteiger charge is -2.20. The summed E-state index contributed by atoms with van der Waals surface area (Å²) in [6.45, 7) is 3.06. The third-order valence-corrected chi connectivity index (χ3v) is 4.14. The van der Waals surface area contributed by atoms with E-state index in [9.17, 15) is 14.4 Å². The molecule has 1 aromatic heterocycles. The van der Waals surface area contributed by atoms with Crippen LogP contribution in [0.5, 0.6) is 0 Å². The van der Waals surface area contributed by atoms with E-state index in [2.05, 4.69) is 26.6 Å². The van der Waals surface area contributed by atoms with Crippen molar-refractivity contribution in [3.05, 3.63) is 52.9 Å². The molecular formula is C18H19BrN2O5. The number of carbonyl (C=O) groups excluding carboxylic acids is 3. The molecule has 2 aromatic rings. The fourth-order valence-corrected chi connectivity index (χ4v) is 2.48. The molecule has 0 saturated heterocycles. The Kier molecular flexibility index (Phi) is 6.97. The number of para-hydroxylation sites is 1. The number of hydrogen-bond donors (Lipinski definition) is 2. The molecule has 1 aromatic carbocycles. The minimum Gasteiger partial charge on any atom is -0.459 e. The number of rotatable bonds is 7. The van der Waals surface area contributed by atoms with Crippen LogP contribution in [0.4, 0.5) is 5.69 Å². The Morgan fingerprint density at radius 3 is 2.50 bits per heavy atom. The molecule has 0 spiro atoms. The van der Waals surface area contributed by atoms with Crippen LogP contribution in [0.3, 0.4) is 0 Å². The Balaban J connectivity index is 1.90. The van der Waals surface area contributed by atoms with Crippen LogP contribution < -0.4 is 10.6 Å². The molecule has 1 heterocycles. The summed E-state index contributed by atoms with van der Waals surface area (Å²) in [5.41, 5.74) is 0.570. The quantitative estimate of drug-likeness (QED) is 0.668. The van der Waals surface area contributed by atoms with Crippen LogP contribution in [0.1, 0.15) is 24.4 Å². The third kappa shape index (κ3) is 5.45. The second-order valence-electron chi connectivity index (χ2n) is 5.81. The predicted molar refractivity (Wildman–Crippen MR) is 98.5 cm³/mol. The Morgan fingerprint density at radius 2 is 1.88 bits per heavy atom. The van der Waals surface area contributed by atoms with E-state index in [1.165, 1.54) is 12.3 Å². The molecule has 8 heteroatoms. The summed E-state index contributed by atoms with van der Waals surface area (Å²) in [7, 11) is 0. The van der Waals surface area contributed by atoms with E-state index in [1.807, 2.05) is 6.07 Å². The van der Waals surface area contributed by atoms with Crippen molar-refractivity contribution in [3.8, 4) is 0 Å². The molecule has 0 radical (unpaired) electrons. The smallest absolute Gasteiger partial charge is 0.329 e. The number of ether oxygens (including phenoxy) is 1. The summed E-state index contributed by atoms with van der Waals surface area (Å²) >= 11 is 3.31. The van der Waals surface area contributed by atoms with E-state index in [0.717, 1.165) is 0 Å². The van der Waals surface area contributed by atoms with Crippen LogP contribution in [-0.2, 0) is 14.3 Å². The van der Waals surface area contributed by atoms with E-state index in [1.54, 1.807) is 38.1 Å². The molecule has 0 aliphatic heterocycles. The molecule has 0 unspecified atom stereocenters. The lowest BCUT2D eigenvalue weighted by atomic mass is 10.0. The molecule has 2 rings (SSSR count). The molecule has 138 valence electrons. The SMILES string of the molecule is CC(C)[C@H](NC(=O)c1ccco1)C(=O)OCC(=O)Nc1ccccc1Br. The molecule has 2 amide bonds. The zero-order valence-electron chi connectivity index (χ0n) is 14.3. The largest absolute Gasteiger partial charge is 0.459 e. The van der Waals surface area contributed by atoms with Crippen molar-refractivity contribution in [1.29, 1.82) is 0 Å². The first-order valence-electron chi connectivity index (χ1n) is 7.94. The van der Waals surface area contributed by atoms with Gasteiger partial charge in [-0.2, -0.15) is 0 Å². The second kappa shape index (κ2) is 9.19. The van der Waals surface area contributed by atoms with Crippen molar-refractivity contribution in [1.82, 2.24) is 5.32 Å². The van der Waals surface area contributed by atoms with Crippen molar-refractivity contribution in [2.24, 2.45) is 5.92 Å². The van der Waals surface area contributed by atoms with Crippen LogP contribution in [0, 0.1) is 5.92 Å². The average molecular weight is 423 g/mol. The highest BCUT2D eigenvalue weighted by Gasteiger charge is 2.27. The van der Waals surface area contributed by atoms with E-state index < -0.39 is 30.4 Å². The summed E-state index contributed by atoms with van der Waals surface area (Å²) in [6, 6.07) is 9.24. The molecule has 0 bridgehead atoms. The van der Waals surface area contributed by atoms with Gasteiger partial charge in [0.05, 0.1) is 12.0 Å². The Labute approximate surface area is 159 Å². The predicted octanol–water partition coefficient (Wildman–Crippen LogP) is 2.98. The van der Waals surface area contributed by atoms with Crippen molar-refractivity contribution < 1.29 is 23.5 Å². The molecule has 0 aliphatic rings. The van der Waals surface area contributed by atoms with Gasteiger partial charge >= 0.3 is 5.97 Å². The number of halogens is 1. The minimum atomic E-state index is -0.899. The normalized spacial score (nSPS) is 11.7. The third-order valence-electron chi connectivity index (χ3n) is 3.45. The monoisotopic (exact) mass is 422 g/mol. The van der Waals surface area contributed by atoms with Gasteiger partial charge in [-0.25, -0.2) is 4.79 Å². The van der Waals surface area contributed by atoms with Gasteiger partial charge in [0.1, 0.15) is 6.04 Å². The van der Waals surface area contributed by atoms with Gasteiger partial charge in [0, 0.05) is 4.47 Å². The highest BCUT2D eigenvalue weighted by Crippen LogP contribution is 2.21. The molecule has 2 N–H and O–H groups in total. The summed E-state index contributed by atoms with van der Waals surface area (Å²) in [5.74, 6) is -1.83. The number of esters is 1. The van der Waals surface area contributed by atoms with Gasteiger partial charge in [-0.3, -0.25) is 9.59 Å². The number of hydrogen-bond acceptors (Lipinski definition) is 5.